The van der Waals surface area contributed by atoms with E-state index in [1.807, 2.05) is 12.1 Å². The van der Waals surface area contributed by atoms with E-state index < -0.39 is 9.84 Å². The second-order valence-corrected chi connectivity index (χ2v) is 9.20. The van der Waals surface area contributed by atoms with Crippen LogP contribution in [-0.4, -0.2) is 65.9 Å². The summed E-state index contributed by atoms with van der Waals surface area (Å²) < 4.78 is 23.3. The van der Waals surface area contributed by atoms with E-state index in [1.54, 1.807) is 12.4 Å². The molecule has 1 aromatic heterocycles. The molecule has 0 radical (unpaired) electrons. The van der Waals surface area contributed by atoms with E-state index in [4.69, 9.17) is 0 Å². The van der Waals surface area contributed by atoms with Crippen molar-refractivity contribution in [2.24, 2.45) is 0 Å². The quantitative estimate of drug-likeness (QED) is 0.847. The van der Waals surface area contributed by atoms with Gasteiger partial charge in [-0.1, -0.05) is 0 Å². The molecular weight excluding hydrogens is 340 g/mol. The number of aromatic nitrogens is 2. The maximum absolute atomic E-state index is 12.5. The van der Waals surface area contributed by atoms with Crippen LogP contribution in [-0.2, 0) is 9.84 Å². The summed E-state index contributed by atoms with van der Waals surface area (Å²) in [5, 5.41) is 3.10. The molecule has 134 valence electrons. The Morgan fingerprint density at radius 3 is 2.76 bits per heavy atom. The molecule has 1 atom stereocenters. The van der Waals surface area contributed by atoms with Gasteiger partial charge >= 0.3 is 0 Å². The number of carbonyl (C=O) groups excluding carboxylic acids is 1. The number of hydrogen-bond acceptors (Lipinski definition) is 5. The van der Waals surface area contributed by atoms with E-state index >= 15 is 0 Å². The molecule has 7 nitrogen and oxygen atoms in total. The highest BCUT2D eigenvalue weighted by Gasteiger charge is 2.34. The zero-order chi connectivity index (χ0) is 17.4. The highest BCUT2D eigenvalue weighted by Crippen LogP contribution is 2.22. The standard InChI is InChI=1S/C17H22N4O3S/c22-17(12-1-2-15-16(9-12)19-11-18-15)20-13-3-6-21(7-4-13)14-5-8-25(23,24)10-14/h1-2,9,11,13-14H,3-8,10H2,(H,18,19)(H,20,22)/t14-/m0/s1. The van der Waals surface area contributed by atoms with E-state index in [1.165, 1.54) is 0 Å². The van der Waals surface area contributed by atoms with Gasteiger partial charge in [-0.25, -0.2) is 13.4 Å². The fourth-order valence-corrected chi connectivity index (χ4v) is 5.58. The van der Waals surface area contributed by atoms with Crippen molar-refractivity contribution in [3.05, 3.63) is 30.1 Å². The van der Waals surface area contributed by atoms with Crippen LogP contribution in [0.5, 0.6) is 0 Å². The number of carbonyl (C=O) groups is 1. The van der Waals surface area contributed by atoms with Gasteiger partial charge in [0, 0.05) is 30.7 Å². The van der Waals surface area contributed by atoms with Gasteiger partial charge in [0.25, 0.3) is 5.91 Å². The zero-order valence-corrected chi connectivity index (χ0v) is 14.8. The smallest absolute Gasteiger partial charge is 0.251 e. The van der Waals surface area contributed by atoms with E-state index in [0.29, 0.717) is 11.3 Å². The van der Waals surface area contributed by atoms with Gasteiger partial charge in [0.2, 0.25) is 0 Å². The SMILES string of the molecule is O=C(NC1CCN([C@H]2CCS(=O)(=O)C2)CC1)c1ccc2nc[nH]c2c1. The highest BCUT2D eigenvalue weighted by atomic mass is 32.2. The third-order valence-electron chi connectivity index (χ3n) is 5.27. The molecule has 2 saturated heterocycles. The molecule has 0 unspecified atom stereocenters. The number of aromatic amines is 1. The van der Waals surface area contributed by atoms with Gasteiger partial charge in [-0.3, -0.25) is 9.69 Å². The molecule has 2 aromatic rings. The van der Waals surface area contributed by atoms with E-state index in [2.05, 4.69) is 20.2 Å². The molecule has 8 heteroatoms. The predicted octanol–water partition coefficient (Wildman–Crippen LogP) is 0.944. The van der Waals surface area contributed by atoms with Crippen molar-refractivity contribution in [2.75, 3.05) is 24.6 Å². The lowest BCUT2D eigenvalue weighted by molar-refractivity contribution is 0.0898. The molecule has 0 bridgehead atoms. The van der Waals surface area contributed by atoms with Crippen molar-refractivity contribution >= 4 is 26.8 Å². The highest BCUT2D eigenvalue weighted by molar-refractivity contribution is 7.91. The van der Waals surface area contributed by atoms with Crippen molar-refractivity contribution in [2.45, 2.75) is 31.3 Å². The Hall–Kier alpha value is -1.93. The maximum Gasteiger partial charge on any atom is 0.251 e. The van der Waals surface area contributed by atoms with Gasteiger partial charge in [0.05, 0.1) is 28.9 Å². The van der Waals surface area contributed by atoms with E-state index in [-0.39, 0.29) is 23.7 Å². The molecule has 0 spiro atoms. The predicted molar refractivity (Wildman–Crippen MR) is 95.2 cm³/mol. The number of amides is 1. The third-order valence-corrected chi connectivity index (χ3v) is 7.02. The number of piperidine rings is 1. The Morgan fingerprint density at radius 1 is 1.24 bits per heavy atom. The van der Waals surface area contributed by atoms with Crippen LogP contribution in [0.2, 0.25) is 0 Å². The van der Waals surface area contributed by atoms with Gasteiger partial charge in [0.1, 0.15) is 0 Å². The van der Waals surface area contributed by atoms with E-state index in [9.17, 15) is 13.2 Å². The van der Waals surface area contributed by atoms with Crippen molar-refractivity contribution in [1.29, 1.82) is 0 Å². The van der Waals surface area contributed by atoms with Crippen LogP contribution in [0.25, 0.3) is 11.0 Å². The van der Waals surface area contributed by atoms with Crippen molar-refractivity contribution < 1.29 is 13.2 Å². The summed E-state index contributed by atoms with van der Waals surface area (Å²) in [5.41, 5.74) is 2.32. The summed E-state index contributed by atoms with van der Waals surface area (Å²) in [6.07, 6.45) is 4.07. The topological polar surface area (TPSA) is 95.2 Å². The number of H-pyrrole nitrogens is 1. The second kappa shape index (κ2) is 6.42. The summed E-state index contributed by atoms with van der Waals surface area (Å²) >= 11 is 0. The first-order valence-corrected chi connectivity index (χ1v) is 10.5. The number of nitrogens with zero attached hydrogens (tertiary/aromatic N) is 2. The Kier molecular flexibility index (Phi) is 4.24. The largest absolute Gasteiger partial charge is 0.349 e. The minimum Gasteiger partial charge on any atom is -0.349 e. The lowest BCUT2D eigenvalue weighted by Gasteiger charge is -2.35. The van der Waals surface area contributed by atoms with Gasteiger partial charge in [-0.05, 0) is 37.5 Å². The van der Waals surface area contributed by atoms with Crippen LogP contribution in [0.3, 0.4) is 0 Å². The van der Waals surface area contributed by atoms with Gasteiger partial charge in [-0.15, -0.1) is 0 Å². The first-order chi connectivity index (χ1) is 12.0. The monoisotopic (exact) mass is 362 g/mol. The van der Waals surface area contributed by atoms with Crippen LogP contribution >= 0.6 is 0 Å². The minimum atomic E-state index is -2.85. The lowest BCUT2D eigenvalue weighted by atomic mass is 10.0. The fourth-order valence-electron chi connectivity index (χ4n) is 3.82. The normalized spacial score (nSPS) is 24.6. The summed E-state index contributed by atoms with van der Waals surface area (Å²) in [5.74, 6) is 0.525. The van der Waals surface area contributed by atoms with Crippen LogP contribution in [0.4, 0.5) is 0 Å². The number of benzene rings is 1. The molecule has 2 N–H and O–H groups in total. The lowest BCUT2D eigenvalue weighted by Crippen LogP contribution is -2.48. The van der Waals surface area contributed by atoms with Crippen LogP contribution in [0, 0.1) is 0 Å². The van der Waals surface area contributed by atoms with Crippen LogP contribution < -0.4 is 5.32 Å². The molecule has 25 heavy (non-hydrogen) atoms. The summed E-state index contributed by atoms with van der Waals surface area (Å²) in [6, 6.07) is 5.74. The first-order valence-electron chi connectivity index (χ1n) is 8.69. The van der Waals surface area contributed by atoms with Crippen LogP contribution in [0.1, 0.15) is 29.6 Å². The van der Waals surface area contributed by atoms with Crippen molar-refractivity contribution in [3.8, 4) is 0 Å². The van der Waals surface area contributed by atoms with Gasteiger partial charge < -0.3 is 10.3 Å². The molecule has 2 aliphatic rings. The minimum absolute atomic E-state index is 0.0709. The number of hydrogen-bond donors (Lipinski definition) is 2. The number of sulfone groups is 1. The summed E-state index contributed by atoms with van der Waals surface area (Å²) in [6.45, 7) is 1.68. The molecule has 1 amide bonds. The molecule has 2 fully saturated rings. The summed E-state index contributed by atoms with van der Waals surface area (Å²) in [7, 11) is -2.85. The molecule has 3 heterocycles. The Bertz CT molecular complexity index is 884. The fraction of sp³-hybridized carbons (Fsp3) is 0.529. The Morgan fingerprint density at radius 2 is 2.04 bits per heavy atom. The van der Waals surface area contributed by atoms with Crippen molar-refractivity contribution in [3.63, 3.8) is 0 Å². The Balaban J connectivity index is 1.33. The number of nitrogens with one attached hydrogen (secondary N) is 2. The Labute approximate surface area is 146 Å². The summed E-state index contributed by atoms with van der Waals surface area (Å²) in [4.78, 5) is 21.9. The van der Waals surface area contributed by atoms with Gasteiger partial charge in [-0.2, -0.15) is 0 Å². The molecule has 0 saturated carbocycles. The first kappa shape index (κ1) is 16.5. The molecule has 1 aromatic carbocycles. The van der Waals surface area contributed by atoms with Gasteiger partial charge in [0.15, 0.2) is 9.84 Å². The van der Waals surface area contributed by atoms with Crippen molar-refractivity contribution in [1.82, 2.24) is 20.2 Å². The molecular formula is C17H22N4O3S. The third kappa shape index (κ3) is 3.55. The molecule has 0 aliphatic carbocycles. The second-order valence-electron chi connectivity index (χ2n) is 6.98. The number of imidazole rings is 1. The molecule has 2 aliphatic heterocycles. The number of likely N-dealkylation sites (tertiary alicyclic amines) is 1. The van der Waals surface area contributed by atoms with E-state index in [0.717, 1.165) is 43.4 Å². The van der Waals surface area contributed by atoms with Crippen LogP contribution in [0.15, 0.2) is 24.5 Å². The number of fused-ring (bicyclic) bond motifs is 1. The zero-order valence-electron chi connectivity index (χ0n) is 13.9. The average Bonchev–Trinajstić information content (AvgIpc) is 3.20. The molecule has 4 rings (SSSR count). The maximum atomic E-state index is 12.5. The number of rotatable bonds is 3. The average molecular weight is 362 g/mol.